The van der Waals surface area contributed by atoms with Gasteiger partial charge in [0, 0.05) is 32.2 Å². The molecule has 4 heteroatoms. The number of benzene rings is 2. The quantitative estimate of drug-likeness (QED) is 0.840. The molecule has 1 saturated heterocycles. The van der Waals surface area contributed by atoms with Crippen LogP contribution < -0.4 is 0 Å². The van der Waals surface area contributed by atoms with Crippen molar-refractivity contribution in [2.24, 2.45) is 11.8 Å². The molecule has 4 nitrogen and oxygen atoms in total. The van der Waals surface area contributed by atoms with Crippen molar-refractivity contribution in [3.05, 3.63) is 71.3 Å². The van der Waals surface area contributed by atoms with E-state index in [0.717, 1.165) is 31.7 Å². The first-order chi connectivity index (χ1) is 12.9. The summed E-state index contributed by atoms with van der Waals surface area (Å²) < 4.78 is 0. The average molecular weight is 367 g/mol. The Balaban J connectivity index is 1.60. The number of aromatic carboxylic acids is 1. The lowest BCUT2D eigenvalue weighted by atomic mass is 9.84. The van der Waals surface area contributed by atoms with Crippen LogP contribution in [0.1, 0.15) is 35.3 Å². The lowest BCUT2D eigenvalue weighted by Crippen LogP contribution is -2.53. The van der Waals surface area contributed by atoms with Gasteiger partial charge in [0.15, 0.2) is 0 Å². The van der Waals surface area contributed by atoms with Gasteiger partial charge < -0.3 is 5.11 Å². The Morgan fingerprint density at radius 3 is 2.15 bits per heavy atom. The summed E-state index contributed by atoms with van der Waals surface area (Å²) in [6.45, 7) is 8.77. The number of hydrogen-bond acceptors (Lipinski definition) is 3. The average Bonchev–Trinajstić information content (AvgIpc) is 2.62. The third kappa shape index (κ3) is 4.96. The fourth-order valence-corrected chi connectivity index (χ4v) is 4.65. The lowest BCUT2D eigenvalue weighted by Gasteiger charge is -2.45. The third-order valence-corrected chi connectivity index (χ3v) is 5.65. The van der Waals surface area contributed by atoms with Crippen molar-refractivity contribution in [3.63, 3.8) is 0 Å². The van der Waals surface area contributed by atoms with E-state index in [9.17, 15) is 4.79 Å². The Morgan fingerprint density at radius 1 is 1.00 bits per heavy atom. The van der Waals surface area contributed by atoms with Gasteiger partial charge >= 0.3 is 5.97 Å². The smallest absolute Gasteiger partial charge is 0.335 e. The van der Waals surface area contributed by atoms with Gasteiger partial charge in [-0.1, -0.05) is 56.3 Å². The normalized spacial score (nSPS) is 23.5. The summed E-state index contributed by atoms with van der Waals surface area (Å²) in [4.78, 5) is 16.0. The summed E-state index contributed by atoms with van der Waals surface area (Å²) in [6, 6.07) is 18.5. The van der Waals surface area contributed by atoms with E-state index >= 15 is 0 Å². The maximum Gasteiger partial charge on any atom is 0.335 e. The minimum atomic E-state index is -0.872. The molecule has 1 fully saturated rings. The first kappa shape index (κ1) is 19.6. The number of carboxylic acid groups (broad SMARTS) is 1. The van der Waals surface area contributed by atoms with Crippen LogP contribution >= 0.6 is 0 Å². The van der Waals surface area contributed by atoms with Crippen molar-refractivity contribution >= 4 is 5.97 Å². The van der Waals surface area contributed by atoms with Crippen LogP contribution in [0.3, 0.4) is 0 Å². The summed E-state index contributed by atoms with van der Waals surface area (Å²) in [5.41, 5.74) is 2.88. The Hall–Kier alpha value is -2.17. The largest absolute Gasteiger partial charge is 0.478 e. The van der Waals surface area contributed by atoms with Crippen LogP contribution in [-0.2, 0) is 13.1 Å². The molecule has 3 rings (SSSR count). The van der Waals surface area contributed by atoms with Crippen molar-refractivity contribution < 1.29 is 9.90 Å². The Labute approximate surface area is 162 Å². The maximum atomic E-state index is 11.0. The topological polar surface area (TPSA) is 43.8 Å². The second-order valence-electron chi connectivity index (χ2n) is 8.04. The van der Waals surface area contributed by atoms with Crippen molar-refractivity contribution in [1.82, 2.24) is 9.80 Å². The van der Waals surface area contributed by atoms with Gasteiger partial charge in [-0.05, 0) is 42.1 Å². The number of carbonyl (C=O) groups is 1. The molecular formula is C23H30N2O2. The zero-order valence-corrected chi connectivity index (χ0v) is 16.5. The van der Waals surface area contributed by atoms with Gasteiger partial charge in [-0.2, -0.15) is 0 Å². The zero-order valence-electron chi connectivity index (χ0n) is 16.5. The minimum absolute atomic E-state index is 0.345. The van der Waals surface area contributed by atoms with E-state index < -0.39 is 5.97 Å². The van der Waals surface area contributed by atoms with E-state index in [4.69, 9.17) is 5.11 Å². The molecule has 0 spiro atoms. The summed E-state index contributed by atoms with van der Waals surface area (Å²) in [5.74, 6) is 0.296. The van der Waals surface area contributed by atoms with E-state index in [1.807, 2.05) is 12.1 Å². The molecule has 2 aromatic carbocycles. The number of hydrogen-bond donors (Lipinski definition) is 1. The van der Waals surface area contributed by atoms with Crippen LogP contribution in [0.4, 0.5) is 0 Å². The summed E-state index contributed by atoms with van der Waals surface area (Å²) in [5, 5.41) is 9.05. The van der Waals surface area contributed by atoms with E-state index in [0.29, 0.717) is 23.4 Å². The molecule has 0 aromatic heterocycles. The Morgan fingerprint density at radius 2 is 1.59 bits per heavy atom. The summed E-state index contributed by atoms with van der Waals surface area (Å²) >= 11 is 0. The highest BCUT2D eigenvalue weighted by atomic mass is 16.4. The molecule has 144 valence electrons. The molecule has 0 radical (unpaired) electrons. The van der Waals surface area contributed by atoms with Gasteiger partial charge in [-0.25, -0.2) is 4.79 Å². The SMILES string of the molecule is CC1CN(Cc2ccccc2)CC(C)C1N(C)Cc1ccc(C(=O)O)cc1. The number of rotatable bonds is 6. The minimum Gasteiger partial charge on any atom is -0.478 e. The fraction of sp³-hybridized carbons (Fsp3) is 0.435. The molecule has 2 unspecified atom stereocenters. The number of piperidine rings is 1. The van der Waals surface area contributed by atoms with E-state index in [-0.39, 0.29) is 0 Å². The highest BCUT2D eigenvalue weighted by Crippen LogP contribution is 2.28. The second kappa shape index (κ2) is 8.68. The third-order valence-electron chi connectivity index (χ3n) is 5.65. The van der Waals surface area contributed by atoms with Crippen molar-refractivity contribution in [1.29, 1.82) is 0 Å². The van der Waals surface area contributed by atoms with Crippen LogP contribution in [0, 0.1) is 11.8 Å². The first-order valence-corrected chi connectivity index (χ1v) is 9.73. The molecule has 2 aromatic rings. The second-order valence-corrected chi connectivity index (χ2v) is 8.04. The van der Waals surface area contributed by atoms with Crippen LogP contribution in [0.5, 0.6) is 0 Å². The first-order valence-electron chi connectivity index (χ1n) is 9.73. The lowest BCUT2D eigenvalue weighted by molar-refractivity contribution is 0.0291. The highest BCUT2D eigenvalue weighted by molar-refractivity contribution is 5.87. The van der Waals surface area contributed by atoms with Crippen LogP contribution in [0.2, 0.25) is 0 Å². The molecule has 1 aliphatic heterocycles. The predicted molar refractivity (Wildman–Crippen MR) is 109 cm³/mol. The molecule has 2 atom stereocenters. The zero-order chi connectivity index (χ0) is 19.4. The molecule has 1 heterocycles. The number of carboxylic acids is 1. The maximum absolute atomic E-state index is 11.0. The van der Waals surface area contributed by atoms with E-state index in [1.165, 1.54) is 5.56 Å². The van der Waals surface area contributed by atoms with Crippen LogP contribution in [0.25, 0.3) is 0 Å². The van der Waals surface area contributed by atoms with Gasteiger partial charge in [-0.3, -0.25) is 9.80 Å². The van der Waals surface area contributed by atoms with Gasteiger partial charge in [0.2, 0.25) is 0 Å². The highest BCUT2D eigenvalue weighted by Gasteiger charge is 2.34. The molecule has 0 saturated carbocycles. The molecule has 1 aliphatic rings. The van der Waals surface area contributed by atoms with Crippen molar-refractivity contribution in [2.75, 3.05) is 20.1 Å². The Kier molecular flexibility index (Phi) is 6.30. The monoisotopic (exact) mass is 366 g/mol. The van der Waals surface area contributed by atoms with Crippen molar-refractivity contribution in [3.8, 4) is 0 Å². The standard InChI is InChI=1S/C23H30N2O2/c1-17-13-25(16-19-7-5-4-6-8-19)14-18(2)22(17)24(3)15-20-9-11-21(12-10-20)23(26)27/h4-12,17-18,22H,13-16H2,1-3H3,(H,26,27). The number of nitrogens with zero attached hydrogens (tertiary/aromatic N) is 2. The van der Waals surface area contributed by atoms with Gasteiger partial charge in [0.05, 0.1) is 5.56 Å². The molecule has 1 N–H and O–H groups in total. The molecular weight excluding hydrogens is 336 g/mol. The van der Waals surface area contributed by atoms with Crippen LogP contribution in [-0.4, -0.2) is 47.1 Å². The summed E-state index contributed by atoms with van der Waals surface area (Å²) in [7, 11) is 2.19. The summed E-state index contributed by atoms with van der Waals surface area (Å²) in [6.07, 6.45) is 0. The van der Waals surface area contributed by atoms with Crippen LogP contribution in [0.15, 0.2) is 54.6 Å². The molecule has 0 bridgehead atoms. The molecule has 27 heavy (non-hydrogen) atoms. The van der Waals surface area contributed by atoms with E-state index in [2.05, 4.69) is 61.0 Å². The van der Waals surface area contributed by atoms with Crippen molar-refractivity contribution in [2.45, 2.75) is 33.0 Å². The van der Waals surface area contributed by atoms with Gasteiger partial charge in [0.25, 0.3) is 0 Å². The molecule has 0 amide bonds. The fourth-order valence-electron chi connectivity index (χ4n) is 4.65. The van der Waals surface area contributed by atoms with Gasteiger partial charge in [0.1, 0.15) is 0 Å². The Bertz CT molecular complexity index is 733. The predicted octanol–water partition coefficient (Wildman–Crippen LogP) is 3.97. The van der Waals surface area contributed by atoms with E-state index in [1.54, 1.807) is 12.1 Å². The molecule has 0 aliphatic carbocycles. The van der Waals surface area contributed by atoms with Gasteiger partial charge in [-0.15, -0.1) is 0 Å². The number of likely N-dealkylation sites (tertiary alicyclic amines) is 1.